The van der Waals surface area contributed by atoms with Gasteiger partial charge in [-0.15, -0.1) is 0 Å². The molecule has 1 aromatic rings. The van der Waals surface area contributed by atoms with Crippen LogP contribution in [0.1, 0.15) is 106 Å². The van der Waals surface area contributed by atoms with Crippen LogP contribution in [0.3, 0.4) is 0 Å². The number of rotatable bonds is 14. The van der Waals surface area contributed by atoms with E-state index in [1.165, 1.54) is 0 Å². The summed E-state index contributed by atoms with van der Waals surface area (Å²) in [6.07, 6.45) is 4.91. The number of nitrogens with zero attached hydrogens (tertiary/aromatic N) is 1. The number of benzene rings is 1. The molecular formula is C29H49N3O4. The largest absolute Gasteiger partial charge is 0.444 e. The number of ether oxygens (including phenoxy) is 1. The van der Waals surface area contributed by atoms with Gasteiger partial charge in [0.1, 0.15) is 17.7 Å². The summed E-state index contributed by atoms with van der Waals surface area (Å²) < 4.78 is 5.45. The van der Waals surface area contributed by atoms with Gasteiger partial charge in [-0.05, 0) is 58.9 Å². The monoisotopic (exact) mass is 503 g/mol. The molecule has 0 radical (unpaired) electrons. The summed E-state index contributed by atoms with van der Waals surface area (Å²) in [7, 11) is 0. The van der Waals surface area contributed by atoms with Gasteiger partial charge in [-0.1, -0.05) is 76.8 Å². The highest BCUT2D eigenvalue weighted by Gasteiger charge is 2.36. The Morgan fingerprint density at radius 3 is 2.06 bits per heavy atom. The van der Waals surface area contributed by atoms with E-state index in [0.717, 1.165) is 37.7 Å². The number of nitrogens with one attached hydrogen (secondary N) is 2. The van der Waals surface area contributed by atoms with Crippen molar-refractivity contribution in [2.45, 2.75) is 118 Å². The van der Waals surface area contributed by atoms with E-state index in [1.807, 2.05) is 58.0 Å². The zero-order chi connectivity index (χ0) is 27.3. The van der Waals surface area contributed by atoms with Crippen molar-refractivity contribution in [3.63, 3.8) is 0 Å². The average molecular weight is 504 g/mol. The Balaban J connectivity index is 3.37. The van der Waals surface area contributed by atoms with Crippen molar-refractivity contribution in [1.29, 1.82) is 0 Å². The number of amides is 3. The molecule has 204 valence electrons. The minimum atomic E-state index is -0.798. The van der Waals surface area contributed by atoms with Crippen LogP contribution in [0.5, 0.6) is 0 Å². The molecule has 2 atom stereocenters. The van der Waals surface area contributed by atoms with Gasteiger partial charge in [-0.3, -0.25) is 9.59 Å². The van der Waals surface area contributed by atoms with Crippen molar-refractivity contribution in [1.82, 2.24) is 15.5 Å². The summed E-state index contributed by atoms with van der Waals surface area (Å²) in [5.41, 5.74) is 0.0659. The van der Waals surface area contributed by atoms with Gasteiger partial charge < -0.3 is 20.3 Å². The first kappa shape index (κ1) is 31.5. The fraction of sp³-hybridized carbons (Fsp3) is 0.690. The summed E-state index contributed by atoms with van der Waals surface area (Å²) >= 11 is 0. The van der Waals surface area contributed by atoms with Crippen LogP contribution in [0.2, 0.25) is 0 Å². The molecule has 3 amide bonds. The third-order valence-electron chi connectivity index (χ3n) is 5.59. The highest BCUT2D eigenvalue weighted by atomic mass is 16.6. The van der Waals surface area contributed by atoms with E-state index in [2.05, 4.69) is 17.6 Å². The molecule has 0 saturated carbocycles. The predicted octanol–water partition coefficient (Wildman–Crippen LogP) is 5.99. The second-order valence-corrected chi connectivity index (χ2v) is 11.3. The van der Waals surface area contributed by atoms with Crippen LogP contribution >= 0.6 is 0 Å². The Labute approximate surface area is 218 Å². The highest BCUT2D eigenvalue weighted by molar-refractivity contribution is 5.92. The maximum atomic E-state index is 14.1. The maximum Gasteiger partial charge on any atom is 0.408 e. The molecular weight excluding hydrogens is 454 g/mol. The van der Waals surface area contributed by atoms with E-state index in [-0.39, 0.29) is 23.8 Å². The fourth-order valence-corrected chi connectivity index (χ4v) is 4.07. The minimum Gasteiger partial charge on any atom is -0.444 e. The molecule has 0 aromatic heterocycles. The first-order valence-electron chi connectivity index (χ1n) is 13.5. The van der Waals surface area contributed by atoms with Gasteiger partial charge in [0.2, 0.25) is 11.8 Å². The molecule has 0 fully saturated rings. The highest BCUT2D eigenvalue weighted by Crippen LogP contribution is 2.25. The molecule has 7 nitrogen and oxygen atoms in total. The number of carbonyl (C=O) groups excluding carboxylic acids is 3. The lowest BCUT2D eigenvalue weighted by atomic mass is 9.98. The van der Waals surface area contributed by atoms with E-state index in [9.17, 15) is 14.4 Å². The Hall–Kier alpha value is -2.57. The van der Waals surface area contributed by atoms with Gasteiger partial charge in [-0.25, -0.2) is 4.79 Å². The quantitative estimate of drug-likeness (QED) is 0.305. The normalized spacial score (nSPS) is 13.3. The molecule has 2 unspecified atom stereocenters. The minimum absolute atomic E-state index is 0.0726. The van der Waals surface area contributed by atoms with Crippen molar-refractivity contribution >= 4 is 17.9 Å². The summed E-state index contributed by atoms with van der Waals surface area (Å²) in [5, 5.41) is 5.79. The smallest absolute Gasteiger partial charge is 0.408 e. The first-order valence-corrected chi connectivity index (χ1v) is 13.5. The van der Waals surface area contributed by atoms with E-state index >= 15 is 0 Å². The molecule has 0 bridgehead atoms. The number of alkyl carbamates (subject to hydrolysis) is 1. The summed E-state index contributed by atoms with van der Waals surface area (Å²) in [4.78, 5) is 41.9. The zero-order valence-electron chi connectivity index (χ0n) is 23.7. The second-order valence-electron chi connectivity index (χ2n) is 11.3. The van der Waals surface area contributed by atoms with Gasteiger partial charge in [0.15, 0.2) is 0 Å². The Kier molecular flexibility index (Phi) is 13.6. The molecule has 0 spiro atoms. The van der Waals surface area contributed by atoms with E-state index in [4.69, 9.17) is 4.74 Å². The van der Waals surface area contributed by atoms with Crippen molar-refractivity contribution in [3.05, 3.63) is 35.9 Å². The summed E-state index contributed by atoms with van der Waals surface area (Å²) in [6.45, 7) is 15.8. The molecule has 1 aromatic carbocycles. The molecule has 0 saturated heterocycles. The molecule has 0 heterocycles. The van der Waals surface area contributed by atoms with Crippen LogP contribution in [0.4, 0.5) is 4.79 Å². The molecule has 36 heavy (non-hydrogen) atoms. The van der Waals surface area contributed by atoms with Gasteiger partial charge in [0, 0.05) is 12.6 Å². The van der Waals surface area contributed by atoms with Crippen LogP contribution in [0, 0.1) is 5.92 Å². The first-order chi connectivity index (χ1) is 16.9. The number of carbonyl (C=O) groups is 3. The molecule has 2 N–H and O–H groups in total. The summed E-state index contributed by atoms with van der Waals surface area (Å²) in [6, 6.07) is 7.73. The van der Waals surface area contributed by atoms with Crippen LogP contribution in [-0.4, -0.2) is 47.0 Å². The van der Waals surface area contributed by atoms with Crippen molar-refractivity contribution in [2.75, 3.05) is 6.54 Å². The molecule has 0 aliphatic rings. The Bertz CT molecular complexity index is 802. The lowest BCUT2D eigenvalue weighted by Crippen LogP contribution is -2.54. The summed E-state index contributed by atoms with van der Waals surface area (Å²) in [5.74, 6) is -0.337. The number of unbranched alkanes of at least 4 members (excludes halogenated alkanes) is 4. The van der Waals surface area contributed by atoms with Crippen molar-refractivity contribution in [3.8, 4) is 0 Å². The molecule has 0 aliphatic heterocycles. The molecule has 1 rings (SSSR count). The Morgan fingerprint density at radius 2 is 1.53 bits per heavy atom. The molecule has 0 aliphatic carbocycles. The number of hydrogen-bond acceptors (Lipinski definition) is 4. The third-order valence-corrected chi connectivity index (χ3v) is 5.59. The van der Waals surface area contributed by atoms with Gasteiger partial charge in [0.05, 0.1) is 0 Å². The lowest BCUT2D eigenvalue weighted by molar-refractivity contribution is -0.143. The number of hydrogen-bond donors (Lipinski definition) is 2. The van der Waals surface area contributed by atoms with Gasteiger partial charge in [0.25, 0.3) is 0 Å². The van der Waals surface area contributed by atoms with Crippen LogP contribution in [-0.2, 0) is 14.3 Å². The van der Waals surface area contributed by atoms with Crippen LogP contribution in [0.15, 0.2) is 30.3 Å². The van der Waals surface area contributed by atoms with Gasteiger partial charge in [-0.2, -0.15) is 0 Å². The third kappa shape index (κ3) is 11.9. The van der Waals surface area contributed by atoms with Crippen LogP contribution < -0.4 is 10.6 Å². The van der Waals surface area contributed by atoms with Crippen molar-refractivity contribution in [2.24, 2.45) is 5.92 Å². The fourth-order valence-electron chi connectivity index (χ4n) is 4.07. The van der Waals surface area contributed by atoms with E-state index in [0.29, 0.717) is 13.0 Å². The zero-order valence-corrected chi connectivity index (χ0v) is 23.7. The lowest BCUT2D eigenvalue weighted by Gasteiger charge is -2.35. The second kappa shape index (κ2) is 15.5. The topological polar surface area (TPSA) is 87.7 Å². The SMILES string of the molecule is CCCCCCCN(C(=O)C(CC(C)C)NC(=O)OC(C)(C)C)C(C(=O)NC(C)C)c1ccccc1. The average Bonchev–Trinajstić information content (AvgIpc) is 2.75. The van der Waals surface area contributed by atoms with Crippen LogP contribution in [0.25, 0.3) is 0 Å². The van der Waals surface area contributed by atoms with Gasteiger partial charge >= 0.3 is 6.09 Å². The van der Waals surface area contributed by atoms with E-state index in [1.54, 1.807) is 25.7 Å². The van der Waals surface area contributed by atoms with E-state index < -0.39 is 23.8 Å². The maximum absolute atomic E-state index is 14.1. The molecule has 7 heteroatoms. The standard InChI is InChI=1S/C29H49N3O4/c1-9-10-11-12-16-19-32(25(26(33)30-22(4)5)23-17-14-13-15-18-23)27(34)24(20-21(2)3)31-28(35)36-29(6,7)8/h13-15,17-18,21-22,24-25H,9-12,16,19-20H2,1-8H3,(H,30,33)(H,31,35). The van der Waals surface area contributed by atoms with Crippen molar-refractivity contribution < 1.29 is 19.1 Å². The Morgan fingerprint density at radius 1 is 0.917 bits per heavy atom. The predicted molar refractivity (Wildman–Crippen MR) is 146 cm³/mol.